The molecule has 1 heterocycles. The third-order valence-corrected chi connectivity index (χ3v) is 4.53. The molecule has 126 valence electrons. The van der Waals surface area contributed by atoms with Gasteiger partial charge in [0.05, 0.1) is 4.92 Å². The van der Waals surface area contributed by atoms with E-state index in [0.717, 1.165) is 12.1 Å². The molecule has 0 saturated carbocycles. The summed E-state index contributed by atoms with van der Waals surface area (Å²) >= 11 is 0. The van der Waals surface area contributed by atoms with Crippen molar-refractivity contribution in [1.29, 1.82) is 0 Å². The van der Waals surface area contributed by atoms with Gasteiger partial charge in [0.15, 0.2) is 5.75 Å². The molecule has 2 rings (SSSR count). The molecule has 0 aliphatic heterocycles. The Morgan fingerprint density at radius 1 is 1.21 bits per heavy atom. The first-order valence-electron chi connectivity index (χ1n) is 6.24. The number of carbonyl (C=O) groups excluding carboxylic acids is 1. The van der Waals surface area contributed by atoms with Crippen LogP contribution in [0.25, 0.3) is 0 Å². The highest BCUT2D eigenvalue weighted by atomic mass is 32.2. The van der Waals surface area contributed by atoms with Crippen LogP contribution in [0.3, 0.4) is 0 Å². The number of nitro benzene ring substituents is 1. The molecule has 24 heavy (non-hydrogen) atoms. The first-order valence-corrected chi connectivity index (χ1v) is 7.71. The van der Waals surface area contributed by atoms with Crippen molar-refractivity contribution in [3.63, 3.8) is 0 Å². The van der Waals surface area contributed by atoms with Gasteiger partial charge in [-0.15, -0.1) is 0 Å². The minimum Gasteiger partial charge on any atom is -0.504 e. The SMILES string of the molecule is O=COS(=O)(=O)C(c1ccncc1)c1cc(O)c(O)c([N+](=O)[O-])c1. The van der Waals surface area contributed by atoms with Crippen molar-refractivity contribution in [3.05, 3.63) is 57.9 Å². The number of pyridine rings is 1. The van der Waals surface area contributed by atoms with E-state index in [0.29, 0.717) is 0 Å². The van der Waals surface area contributed by atoms with Crippen molar-refractivity contribution < 1.29 is 32.5 Å². The quantitative estimate of drug-likeness (QED) is 0.254. The maximum Gasteiger partial charge on any atom is 0.322 e. The molecule has 1 atom stereocenters. The second kappa shape index (κ2) is 6.50. The van der Waals surface area contributed by atoms with Gasteiger partial charge in [-0.1, -0.05) is 0 Å². The number of aromatic nitrogens is 1. The molecule has 0 radical (unpaired) electrons. The van der Waals surface area contributed by atoms with E-state index in [1.807, 2.05) is 0 Å². The molecule has 0 aliphatic rings. The van der Waals surface area contributed by atoms with Crippen LogP contribution in [-0.2, 0) is 19.1 Å². The van der Waals surface area contributed by atoms with E-state index in [4.69, 9.17) is 0 Å². The number of benzene rings is 1. The first-order chi connectivity index (χ1) is 11.3. The fourth-order valence-electron chi connectivity index (χ4n) is 2.09. The van der Waals surface area contributed by atoms with E-state index in [1.54, 1.807) is 0 Å². The molecular weight excluding hydrogens is 344 g/mol. The van der Waals surface area contributed by atoms with Gasteiger partial charge in [-0.3, -0.25) is 19.9 Å². The van der Waals surface area contributed by atoms with Crippen LogP contribution >= 0.6 is 0 Å². The largest absolute Gasteiger partial charge is 0.504 e. The number of hydrogen-bond acceptors (Lipinski definition) is 9. The van der Waals surface area contributed by atoms with E-state index in [1.165, 1.54) is 24.5 Å². The Morgan fingerprint density at radius 3 is 2.38 bits per heavy atom. The number of nitrogens with zero attached hydrogens (tertiary/aromatic N) is 2. The minimum atomic E-state index is -4.56. The van der Waals surface area contributed by atoms with Crippen molar-refractivity contribution in [2.75, 3.05) is 0 Å². The van der Waals surface area contributed by atoms with Gasteiger partial charge in [-0.25, -0.2) is 0 Å². The zero-order chi connectivity index (χ0) is 17.9. The van der Waals surface area contributed by atoms with Gasteiger partial charge in [-0.05, 0) is 29.3 Å². The summed E-state index contributed by atoms with van der Waals surface area (Å²) in [6.45, 7) is -0.293. The lowest BCUT2D eigenvalue weighted by atomic mass is 10.0. The maximum absolute atomic E-state index is 12.2. The summed E-state index contributed by atoms with van der Waals surface area (Å²) in [5, 5.41) is 28.5. The van der Waals surface area contributed by atoms with Crippen LogP contribution in [0, 0.1) is 10.1 Å². The molecule has 0 spiro atoms. The summed E-state index contributed by atoms with van der Waals surface area (Å²) in [4.78, 5) is 24.2. The second-order valence-electron chi connectivity index (χ2n) is 4.51. The maximum atomic E-state index is 12.2. The predicted octanol–water partition coefficient (Wildman–Crippen LogP) is 0.993. The summed E-state index contributed by atoms with van der Waals surface area (Å²) in [5.74, 6) is -1.90. The van der Waals surface area contributed by atoms with Crippen LogP contribution in [0.5, 0.6) is 11.5 Å². The summed E-state index contributed by atoms with van der Waals surface area (Å²) < 4.78 is 28.6. The molecule has 0 fully saturated rings. The third-order valence-electron chi connectivity index (χ3n) is 3.06. The number of phenolic OH excluding ortho intramolecular Hbond substituents is 2. The molecule has 1 aromatic heterocycles. The number of phenols is 2. The normalized spacial score (nSPS) is 12.3. The summed E-state index contributed by atoms with van der Waals surface area (Å²) in [7, 11) is -4.56. The number of hydrogen-bond donors (Lipinski definition) is 2. The van der Waals surface area contributed by atoms with Gasteiger partial charge >= 0.3 is 22.3 Å². The molecule has 11 heteroatoms. The molecule has 1 unspecified atom stereocenters. The molecule has 0 aliphatic carbocycles. The van der Waals surface area contributed by atoms with E-state index in [2.05, 4.69) is 9.17 Å². The highest BCUT2D eigenvalue weighted by molar-refractivity contribution is 7.87. The lowest BCUT2D eigenvalue weighted by Crippen LogP contribution is -2.17. The molecule has 2 N–H and O–H groups in total. The van der Waals surface area contributed by atoms with E-state index < -0.39 is 37.5 Å². The number of carbonyl (C=O) groups is 1. The Hall–Kier alpha value is -3.21. The van der Waals surface area contributed by atoms with Crippen molar-refractivity contribution in [3.8, 4) is 11.5 Å². The number of nitro groups is 1. The lowest BCUT2D eigenvalue weighted by Gasteiger charge is -2.17. The van der Waals surface area contributed by atoms with Crippen molar-refractivity contribution in [2.45, 2.75) is 5.25 Å². The Kier molecular flexibility index (Phi) is 4.64. The first kappa shape index (κ1) is 17.1. The average Bonchev–Trinajstić information content (AvgIpc) is 2.51. The summed E-state index contributed by atoms with van der Waals surface area (Å²) in [5.41, 5.74) is -1.08. The van der Waals surface area contributed by atoms with Crippen molar-refractivity contribution in [2.24, 2.45) is 0 Å². The van der Waals surface area contributed by atoms with Gasteiger partial charge in [0.25, 0.3) is 0 Å². The Labute approximate surface area is 135 Å². The summed E-state index contributed by atoms with van der Waals surface area (Å²) in [6, 6.07) is 4.20. The van der Waals surface area contributed by atoms with Crippen LogP contribution in [0.2, 0.25) is 0 Å². The molecular formula is C13H10N2O8S. The van der Waals surface area contributed by atoms with Gasteiger partial charge in [0.1, 0.15) is 5.25 Å². The van der Waals surface area contributed by atoms with Crippen LogP contribution in [-0.4, -0.2) is 35.0 Å². The smallest absolute Gasteiger partial charge is 0.322 e. The Bertz CT molecular complexity index is 882. The molecule has 1 aromatic carbocycles. The van der Waals surface area contributed by atoms with Crippen LogP contribution in [0.15, 0.2) is 36.7 Å². The van der Waals surface area contributed by atoms with Gasteiger partial charge in [0, 0.05) is 18.5 Å². The Balaban J connectivity index is 2.74. The number of aromatic hydroxyl groups is 2. The van der Waals surface area contributed by atoms with Gasteiger partial charge < -0.3 is 14.4 Å². The second-order valence-corrected chi connectivity index (χ2v) is 6.16. The zero-order valence-electron chi connectivity index (χ0n) is 11.8. The average molecular weight is 354 g/mol. The van der Waals surface area contributed by atoms with E-state index >= 15 is 0 Å². The number of rotatable bonds is 6. The monoisotopic (exact) mass is 354 g/mol. The van der Waals surface area contributed by atoms with Crippen LogP contribution in [0.4, 0.5) is 5.69 Å². The van der Waals surface area contributed by atoms with E-state index in [-0.39, 0.29) is 17.6 Å². The molecule has 0 bridgehead atoms. The Morgan fingerprint density at radius 2 is 1.83 bits per heavy atom. The van der Waals surface area contributed by atoms with Crippen molar-refractivity contribution in [1.82, 2.24) is 4.98 Å². The highest BCUT2D eigenvalue weighted by Crippen LogP contribution is 2.41. The highest BCUT2D eigenvalue weighted by Gasteiger charge is 2.34. The fraction of sp³-hybridized carbons (Fsp3) is 0.0769. The minimum absolute atomic E-state index is 0.0891. The molecule has 0 saturated heterocycles. The van der Waals surface area contributed by atoms with Gasteiger partial charge in [-0.2, -0.15) is 8.42 Å². The van der Waals surface area contributed by atoms with Crippen LogP contribution in [0.1, 0.15) is 16.4 Å². The van der Waals surface area contributed by atoms with Crippen LogP contribution < -0.4 is 0 Å². The molecule has 2 aromatic rings. The standard InChI is InChI=1S/C13H10N2O8S/c16-7-23-24(21,22)13(8-1-3-14-4-2-8)9-5-10(15(19)20)12(18)11(17)6-9/h1-7,13,17-18H. The third kappa shape index (κ3) is 3.25. The lowest BCUT2D eigenvalue weighted by molar-refractivity contribution is -0.386. The molecule has 10 nitrogen and oxygen atoms in total. The predicted molar refractivity (Wildman–Crippen MR) is 78.6 cm³/mol. The summed E-state index contributed by atoms with van der Waals surface area (Å²) in [6.07, 6.45) is 2.54. The van der Waals surface area contributed by atoms with Crippen molar-refractivity contribution >= 4 is 22.3 Å². The molecule has 0 amide bonds. The topological polar surface area (TPSA) is 157 Å². The zero-order valence-corrected chi connectivity index (χ0v) is 12.6. The van der Waals surface area contributed by atoms with Gasteiger partial charge in [0.2, 0.25) is 5.75 Å². The fourth-order valence-corrected chi connectivity index (χ4v) is 3.27. The van der Waals surface area contributed by atoms with E-state index in [9.17, 15) is 33.5 Å².